The molecule has 0 atom stereocenters. The SMILES string of the molecule is N#CC1=CN=C2Sc3ccccc3C=C2C1.O=C(O)C(F)(F)F. The summed E-state index contributed by atoms with van der Waals surface area (Å²) in [6, 6.07) is 10.4. The van der Waals surface area contributed by atoms with Gasteiger partial charge in [0, 0.05) is 17.5 Å². The Hall–Kier alpha value is -2.53. The van der Waals surface area contributed by atoms with E-state index in [9.17, 15) is 13.2 Å². The van der Waals surface area contributed by atoms with E-state index in [2.05, 4.69) is 29.3 Å². The van der Waals surface area contributed by atoms with E-state index in [1.807, 2.05) is 12.1 Å². The summed E-state index contributed by atoms with van der Waals surface area (Å²) in [6.45, 7) is 0. The Kier molecular flexibility index (Phi) is 4.91. The van der Waals surface area contributed by atoms with E-state index in [0.717, 1.165) is 16.2 Å². The van der Waals surface area contributed by atoms with Gasteiger partial charge in [-0.2, -0.15) is 18.4 Å². The van der Waals surface area contributed by atoms with Crippen LogP contribution >= 0.6 is 11.8 Å². The fraction of sp³-hybridized carbons (Fsp3) is 0.133. The number of aliphatic imine (C=N–C) groups is 1. The van der Waals surface area contributed by atoms with Gasteiger partial charge in [-0.1, -0.05) is 30.0 Å². The summed E-state index contributed by atoms with van der Waals surface area (Å²) in [5.41, 5.74) is 3.11. The predicted octanol–water partition coefficient (Wildman–Crippen LogP) is 4.02. The molecule has 118 valence electrons. The number of hydrogen-bond acceptors (Lipinski definition) is 4. The van der Waals surface area contributed by atoms with E-state index in [1.54, 1.807) is 18.0 Å². The van der Waals surface area contributed by atoms with Crippen molar-refractivity contribution in [2.24, 2.45) is 4.99 Å². The van der Waals surface area contributed by atoms with Crippen LogP contribution in [0.1, 0.15) is 12.0 Å². The number of nitrogens with zero attached hydrogens (tertiary/aromatic N) is 2. The van der Waals surface area contributed by atoms with E-state index in [4.69, 9.17) is 15.2 Å². The normalized spacial score (nSPS) is 15.5. The molecule has 1 N–H and O–H groups in total. The van der Waals surface area contributed by atoms with E-state index in [0.29, 0.717) is 6.42 Å². The predicted molar refractivity (Wildman–Crippen MR) is 79.7 cm³/mol. The average Bonchev–Trinajstić information content (AvgIpc) is 2.52. The van der Waals surface area contributed by atoms with E-state index < -0.39 is 12.1 Å². The molecular weight excluding hydrogens is 329 g/mol. The molecule has 4 nitrogen and oxygen atoms in total. The lowest BCUT2D eigenvalue weighted by Crippen LogP contribution is -2.21. The highest BCUT2D eigenvalue weighted by Gasteiger charge is 2.38. The zero-order valence-electron chi connectivity index (χ0n) is 11.5. The van der Waals surface area contributed by atoms with Crippen LogP contribution in [0.4, 0.5) is 13.2 Å². The third-order valence-electron chi connectivity index (χ3n) is 2.83. The minimum absolute atomic E-state index is 0.705. The van der Waals surface area contributed by atoms with Crippen molar-refractivity contribution in [1.29, 1.82) is 5.26 Å². The van der Waals surface area contributed by atoms with Crippen LogP contribution in [0.5, 0.6) is 0 Å². The summed E-state index contributed by atoms with van der Waals surface area (Å²) in [5, 5.41) is 17.0. The van der Waals surface area contributed by atoms with Crippen LogP contribution in [0.2, 0.25) is 0 Å². The number of carboxylic acids is 1. The summed E-state index contributed by atoms with van der Waals surface area (Å²) >= 11 is 1.68. The number of halogens is 3. The maximum atomic E-state index is 10.6. The standard InChI is InChI=1S/C13H8N2S.C2HF3O2/c14-7-9-5-11-6-10-3-1-2-4-12(10)16-13(11)15-8-9;3-2(4,5)1(6)7/h1-4,6,8H,5H2;(H,6,7). The first-order chi connectivity index (χ1) is 10.8. The van der Waals surface area contributed by atoms with Crippen LogP contribution < -0.4 is 0 Å². The second-order valence-electron chi connectivity index (χ2n) is 4.49. The maximum absolute atomic E-state index is 10.6. The molecule has 0 spiro atoms. The zero-order valence-corrected chi connectivity index (χ0v) is 12.3. The molecule has 0 saturated carbocycles. The number of hydrogen-bond donors (Lipinski definition) is 1. The number of benzene rings is 1. The molecule has 0 amide bonds. The molecule has 2 aliphatic heterocycles. The minimum atomic E-state index is -5.08. The van der Waals surface area contributed by atoms with Crippen LogP contribution in [-0.2, 0) is 4.79 Å². The van der Waals surface area contributed by atoms with Gasteiger partial charge >= 0.3 is 12.1 Å². The number of alkyl halides is 3. The first-order valence-corrected chi connectivity index (χ1v) is 7.08. The highest BCUT2D eigenvalue weighted by Crippen LogP contribution is 2.37. The largest absolute Gasteiger partial charge is 0.490 e. The lowest BCUT2D eigenvalue weighted by atomic mass is 10.0. The number of carbonyl (C=O) groups is 1. The van der Waals surface area contributed by atoms with Crippen molar-refractivity contribution < 1.29 is 23.1 Å². The molecule has 0 saturated heterocycles. The topological polar surface area (TPSA) is 73.5 Å². The summed E-state index contributed by atoms with van der Waals surface area (Å²) in [4.78, 5) is 14.5. The number of rotatable bonds is 0. The lowest BCUT2D eigenvalue weighted by molar-refractivity contribution is -0.192. The van der Waals surface area contributed by atoms with Crippen molar-refractivity contribution in [2.45, 2.75) is 17.5 Å². The number of allylic oxidation sites excluding steroid dienone is 1. The third-order valence-corrected chi connectivity index (χ3v) is 3.99. The van der Waals surface area contributed by atoms with Crippen LogP contribution in [-0.4, -0.2) is 22.3 Å². The van der Waals surface area contributed by atoms with Crippen LogP contribution in [0.15, 0.2) is 51.5 Å². The Bertz CT molecular complexity index is 774. The van der Waals surface area contributed by atoms with Gasteiger partial charge in [0.1, 0.15) is 5.04 Å². The summed E-state index contributed by atoms with van der Waals surface area (Å²) in [6.07, 6.45) is -0.570. The molecule has 0 bridgehead atoms. The van der Waals surface area contributed by atoms with Gasteiger partial charge in [-0.15, -0.1) is 0 Å². The number of aliphatic carboxylic acids is 1. The molecular formula is C15H9F3N2O2S. The quantitative estimate of drug-likeness (QED) is 0.775. The van der Waals surface area contributed by atoms with Gasteiger partial charge in [0.2, 0.25) is 0 Å². The molecule has 0 radical (unpaired) electrons. The second kappa shape index (κ2) is 6.71. The monoisotopic (exact) mass is 338 g/mol. The number of fused-ring (bicyclic) bond motifs is 2. The molecule has 1 aromatic carbocycles. The Labute approximate surface area is 133 Å². The van der Waals surface area contributed by atoms with Crippen molar-refractivity contribution >= 4 is 28.9 Å². The Balaban J connectivity index is 0.000000236. The Morgan fingerprint density at radius 1 is 1.35 bits per heavy atom. The van der Waals surface area contributed by atoms with Crippen LogP contribution in [0.3, 0.4) is 0 Å². The van der Waals surface area contributed by atoms with Crippen molar-refractivity contribution in [3.8, 4) is 6.07 Å². The van der Waals surface area contributed by atoms with Crippen LogP contribution in [0, 0.1) is 11.3 Å². The van der Waals surface area contributed by atoms with Crippen molar-refractivity contribution in [1.82, 2.24) is 0 Å². The molecule has 1 aromatic rings. The molecule has 0 fully saturated rings. The molecule has 2 aliphatic rings. The fourth-order valence-electron chi connectivity index (χ4n) is 1.80. The highest BCUT2D eigenvalue weighted by atomic mass is 32.2. The summed E-state index contributed by atoms with van der Waals surface area (Å²) in [7, 11) is 0. The first kappa shape index (κ1) is 16.8. The zero-order chi connectivity index (χ0) is 17.0. The molecule has 3 rings (SSSR count). The minimum Gasteiger partial charge on any atom is -0.475 e. The fourth-order valence-corrected chi connectivity index (χ4v) is 2.77. The smallest absolute Gasteiger partial charge is 0.475 e. The molecule has 0 aromatic heterocycles. The van der Waals surface area contributed by atoms with E-state index in [-0.39, 0.29) is 0 Å². The first-order valence-electron chi connectivity index (χ1n) is 6.26. The highest BCUT2D eigenvalue weighted by molar-refractivity contribution is 8.14. The molecule has 2 heterocycles. The van der Waals surface area contributed by atoms with E-state index in [1.165, 1.54) is 10.5 Å². The van der Waals surface area contributed by atoms with Gasteiger partial charge in [0.25, 0.3) is 0 Å². The Morgan fingerprint density at radius 2 is 2.00 bits per heavy atom. The summed E-state index contributed by atoms with van der Waals surface area (Å²) in [5.74, 6) is -2.76. The molecule has 0 unspecified atom stereocenters. The van der Waals surface area contributed by atoms with Gasteiger partial charge in [-0.25, -0.2) is 9.79 Å². The third kappa shape index (κ3) is 4.23. The van der Waals surface area contributed by atoms with Crippen molar-refractivity contribution in [2.75, 3.05) is 0 Å². The van der Waals surface area contributed by atoms with Crippen LogP contribution in [0.25, 0.3) is 6.08 Å². The lowest BCUT2D eigenvalue weighted by Gasteiger charge is -2.19. The maximum Gasteiger partial charge on any atom is 0.490 e. The van der Waals surface area contributed by atoms with E-state index >= 15 is 0 Å². The van der Waals surface area contributed by atoms with Gasteiger partial charge in [0.15, 0.2) is 0 Å². The molecule has 23 heavy (non-hydrogen) atoms. The number of nitriles is 1. The second-order valence-corrected chi connectivity index (χ2v) is 5.52. The Morgan fingerprint density at radius 3 is 2.61 bits per heavy atom. The van der Waals surface area contributed by atoms with Gasteiger partial charge in [-0.3, -0.25) is 0 Å². The van der Waals surface area contributed by atoms with Gasteiger partial charge in [-0.05, 0) is 23.3 Å². The molecule has 0 aliphatic carbocycles. The molecule has 8 heteroatoms. The van der Waals surface area contributed by atoms with Crippen molar-refractivity contribution in [3.05, 3.63) is 47.2 Å². The van der Waals surface area contributed by atoms with Gasteiger partial charge < -0.3 is 5.11 Å². The average molecular weight is 338 g/mol. The van der Waals surface area contributed by atoms with Crippen molar-refractivity contribution in [3.63, 3.8) is 0 Å². The van der Waals surface area contributed by atoms with Gasteiger partial charge in [0.05, 0.1) is 11.6 Å². The number of carboxylic acid groups (broad SMARTS) is 1. The number of thioether (sulfide) groups is 1. The summed E-state index contributed by atoms with van der Waals surface area (Å²) < 4.78 is 31.7.